The highest BCUT2D eigenvalue weighted by molar-refractivity contribution is 5.85. The van der Waals surface area contributed by atoms with Crippen molar-refractivity contribution in [3.8, 4) is 0 Å². The van der Waals surface area contributed by atoms with Crippen molar-refractivity contribution in [3.05, 3.63) is 35.9 Å². The van der Waals surface area contributed by atoms with Crippen LogP contribution in [0.5, 0.6) is 0 Å². The van der Waals surface area contributed by atoms with E-state index in [1.807, 2.05) is 13.1 Å². The first-order chi connectivity index (χ1) is 9.31. The Hall–Kier alpha value is -1.06. The maximum atomic E-state index is 12.0. The van der Waals surface area contributed by atoms with E-state index >= 15 is 0 Å². The Kier molecular flexibility index (Phi) is 7.63. The highest BCUT2D eigenvalue weighted by Gasteiger charge is 2.27. The Balaban J connectivity index is 0.00000200. The number of hydrogen-bond donors (Lipinski definition) is 2. The first-order valence-electron chi connectivity index (χ1n) is 7.30. The summed E-state index contributed by atoms with van der Waals surface area (Å²) in [7, 11) is 1.87. The fraction of sp³-hybridized carbons (Fsp3) is 0.562. The van der Waals surface area contributed by atoms with E-state index < -0.39 is 0 Å². The van der Waals surface area contributed by atoms with E-state index in [0.717, 1.165) is 6.54 Å². The number of hydrogen-bond acceptors (Lipinski definition) is 2. The van der Waals surface area contributed by atoms with Crippen LogP contribution >= 0.6 is 12.4 Å². The fourth-order valence-electron chi connectivity index (χ4n) is 2.91. The molecular weight excluding hydrogens is 272 g/mol. The molecule has 4 heteroatoms. The molecule has 0 saturated heterocycles. The largest absolute Gasteiger partial charge is 0.349 e. The molecule has 3 nitrogen and oxygen atoms in total. The van der Waals surface area contributed by atoms with Crippen LogP contribution in [0.2, 0.25) is 0 Å². The molecule has 112 valence electrons. The summed E-state index contributed by atoms with van der Waals surface area (Å²) in [6.45, 7) is 0.734. The lowest BCUT2D eigenvalue weighted by Gasteiger charge is -2.25. The van der Waals surface area contributed by atoms with E-state index in [1.165, 1.54) is 31.2 Å². The van der Waals surface area contributed by atoms with Gasteiger partial charge in [0.05, 0.1) is 6.04 Å². The molecule has 0 radical (unpaired) electrons. The molecule has 0 bridgehead atoms. The van der Waals surface area contributed by atoms with Crippen LogP contribution in [0.3, 0.4) is 0 Å². The average molecular weight is 297 g/mol. The number of amides is 1. The molecule has 0 aromatic heterocycles. The van der Waals surface area contributed by atoms with E-state index in [1.54, 1.807) is 0 Å². The van der Waals surface area contributed by atoms with Crippen LogP contribution in [0.1, 0.15) is 43.7 Å². The molecule has 1 unspecified atom stereocenters. The van der Waals surface area contributed by atoms with Crippen LogP contribution in [0.15, 0.2) is 30.3 Å². The zero-order chi connectivity index (χ0) is 13.5. The number of halogens is 1. The van der Waals surface area contributed by atoms with Crippen LogP contribution in [0.4, 0.5) is 0 Å². The maximum Gasteiger partial charge on any atom is 0.221 e. The van der Waals surface area contributed by atoms with Gasteiger partial charge in [0.2, 0.25) is 5.91 Å². The Morgan fingerprint density at radius 2 is 1.90 bits per heavy atom. The van der Waals surface area contributed by atoms with Crippen LogP contribution in [-0.2, 0) is 4.79 Å². The number of carbonyl (C=O) groups excluding carboxylic acids is 1. The van der Waals surface area contributed by atoms with Crippen LogP contribution < -0.4 is 10.6 Å². The highest BCUT2D eigenvalue weighted by Crippen LogP contribution is 2.35. The summed E-state index contributed by atoms with van der Waals surface area (Å²) in [5.41, 5.74) is 1.24. The summed E-state index contributed by atoms with van der Waals surface area (Å²) < 4.78 is 0. The minimum absolute atomic E-state index is 0. The van der Waals surface area contributed by atoms with E-state index in [4.69, 9.17) is 0 Å². The van der Waals surface area contributed by atoms with Gasteiger partial charge in [0, 0.05) is 13.0 Å². The van der Waals surface area contributed by atoms with Crippen LogP contribution in [-0.4, -0.2) is 19.5 Å². The van der Waals surface area contributed by atoms with Crippen LogP contribution in [0.25, 0.3) is 0 Å². The summed E-state index contributed by atoms with van der Waals surface area (Å²) in [5.74, 6) is 0.746. The van der Waals surface area contributed by atoms with Gasteiger partial charge in [-0.15, -0.1) is 12.4 Å². The average Bonchev–Trinajstić information content (AvgIpc) is 2.97. The topological polar surface area (TPSA) is 41.1 Å². The Morgan fingerprint density at radius 3 is 2.50 bits per heavy atom. The van der Waals surface area contributed by atoms with E-state index in [2.05, 4.69) is 34.9 Å². The van der Waals surface area contributed by atoms with Gasteiger partial charge in [-0.1, -0.05) is 43.2 Å². The lowest BCUT2D eigenvalue weighted by molar-refractivity contribution is -0.122. The summed E-state index contributed by atoms with van der Waals surface area (Å²) in [5, 5.41) is 6.25. The molecule has 1 aliphatic carbocycles. The third kappa shape index (κ3) is 4.80. The van der Waals surface area contributed by atoms with Gasteiger partial charge in [0.25, 0.3) is 0 Å². The SMILES string of the molecule is CNCCC(=O)NC(c1ccccc1)C1CCCC1.Cl. The minimum Gasteiger partial charge on any atom is -0.349 e. The maximum absolute atomic E-state index is 12.0. The molecule has 0 spiro atoms. The molecule has 2 N–H and O–H groups in total. The highest BCUT2D eigenvalue weighted by atomic mass is 35.5. The molecule has 0 heterocycles. The minimum atomic E-state index is 0. The monoisotopic (exact) mass is 296 g/mol. The van der Waals surface area contributed by atoms with Crippen molar-refractivity contribution in [2.75, 3.05) is 13.6 Å². The van der Waals surface area contributed by atoms with Gasteiger partial charge < -0.3 is 10.6 Å². The molecule has 20 heavy (non-hydrogen) atoms. The molecule has 0 aliphatic heterocycles. The van der Waals surface area contributed by atoms with Crippen molar-refractivity contribution in [1.82, 2.24) is 10.6 Å². The second-order valence-corrected chi connectivity index (χ2v) is 5.35. The number of carbonyl (C=O) groups is 1. The van der Waals surface area contributed by atoms with Crippen molar-refractivity contribution in [1.29, 1.82) is 0 Å². The van der Waals surface area contributed by atoms with Gasteiger partial charge >= 0.3 is 0 Å². The van der Waals surface area contributed by atoms with Crippen molar-refractivity contribution in [3.63, 3.8) is 0 Å². The Morgan fingerprint density at radius 1 is 1.25 bits per heavy atom. The number of rotatable bonds is 6. The van der Waals surface area contributed by atoms with Gasteiger partial charge in [-0.05, 0) is 31.4 Å². The van der Waals surface area contributed by atoms with Crippen molar-refractivity contribution >= 4 is 18.3 Å². The molecule has 1 amide bonds. The van der Waals surface area contributed by atoms with Gasteiger partial charge in [0.15, 0.2) is 0 Å². The zero-order valence-corrected chi connectivity index (χ0v) is 12.9. The molecule has 1 aromatic rings. The predicted molar refractivity (Wildman–Crippen MR) is 85.1 cm³/mol. The Bertz CT molecular complexity index is 391. The predicted octanol–water partition coefficient (Wildman–Crippen LogP) is 3.07. The summed E-state index contributed by atoms with van der Waals surface area (Å²) in [4.78, 5) is 12.0. The number of nitrogens with one attached hydrogen (secondary N) is 2. The van der Waals surface area contributed by atoms with Crippen molar-refractivity contribution < 1.29 is 4.79 Å². The fourth-order valence-corrected chi connectivity index (χ4v) is 2.91. The smallest absolute Gasteiger partial charge is 0.221 e. The van der Waals surface area contributed by atoms with Gasteiger partial charge in [-0.25, -0.2) is 0 Å². The molecule has 2 rings (SSSR count). The van der Waals surface area contributed by atoms with E-state index in [-0.39, 0.29) is 24.4 Å². The second-order valence-electron chi connectivity index (χ2n) is 5.35. The molecule has 1 aromatic carbocycles. The molecule has 1 fully saturated rings. The molecular formula is C16H25ClN2O. The first kappa shape index (κ1) is 17.0. The summed E-state index contributed by atoms with van der Waals surface area (Å²) >= 11 is 0. The molecule has 1 aliphatic rings. The van der Waals surface area contributed by atoms with Gasteiger partial charge in [0.1, 0.15) is 0 Å². The zero-order valence-electron chi connectivity index (χ0n) is 12.1. The lowest BCUT2D eigenvalue weighted by Crippen LogP contribution is -2.34. The third-order valence-corrected chi connectivity index (χ3v) is 3.95. The van der Waals surface area contributed by atoms with Gasteiger partial charge in [-0.2, -0.15) is 0 Å². The van der Waals surface area contributed by atoms with Crippen LogP contribution in [0, 0.1) is 5.92 Å². The van der Waals surface area contributed by atoms with E-state index in [9.17, 15) is 4.79 Å². The molecule has 1 saturated carbocycles. The van der Waals surface area contributed by atoms with Crippen molar-refractivity contribution in [2.45, 2.75) is 38.1 Å². The van der Waals surface area contributed by atoms with E-state index in [0.29, 0.717) is 12.3 Å². The first-order valence-corrected chi connectivity index (χ1v) is 7.30. The quantitative estimate of drug-likeness (QED) is 0.847. The third-order valence-electron chi connectivity index (χ3n) is 3.95. The summed E-state index contributed by atoms with van der Waals surface area (Å²) in [6, 6.07) is 10.6. The number of benzene rings is 1. The Labute approximate surface area is 127 Å². The van der Waals surface area contributed by atoms with Gasteiger partial charge in [-0.3, -0.25) is 4.79 Å². The molecule has 1 atom stereocenters. The second kappa shape index (κ2) is 8.98. The summed E-state index contributed by atoms with van der Waals surface area (Å²) in [6.07, 6.45) is 5.59. The van der Waals surface area contributed by atoms with Crippen molar-refractivity contribution in [2.24, 2.45) is 5.92 Å². The lowest BCUT2D eigenvalue weighted by atomic mass is 9.91. The normalized spacial score (nSPS) is 16.4. The standard InChI is InChI=1S/C16H24N2O.ClH/c1-17-12-11-15(19)18-16(14-9-5-6-10-14)13-7-3-2-4-8-13;/h2-4,7-8,14,16-17H,5-6,9-12H2,1H3,(H,18,19);1H.